The smallest absolute Gasteiger partial charge is 0.226 e. The zero-order chi connectivity index (χ0) is 20.8. The number of rotatable bonds is 7. The van der Waals surface area contributed by atoms with Gasteiger partial charge in [-0.3, -0.25) is 4.79 Å². The Hall–Kier alpha value is -3.50. The molecule has 7 heteroatoms. The molecule has 30 heavy (non-hydrogen) atoms. The van der Waals surface area contributed by atoms with E-state index >= 15 is 0 Å². The van der Waals surface area contributed by atoms with E-state index in [1.807, 2.05) is 29.6 Å². The second kappa shape index (κ2) is 9.33. The van der Waals surface area contributed by atoms with Gasteiger partial charge in [-0.25, -0.2) is 0 Å². The summed E-state index contributed by atoms with van der Waals surface area (Å²) in [5.41, 5.74) is 1.96. The van der Waals surface area contributed by atoms with Crippen LogP contribution in [0.1, 0.15) is 16.9 Å². The van der Waals surface area contributed by atoms with E-state index in [1.54, 1.807) is 35.6 Å². The summed E-state index contributed by atoms with van der Waals surface area (Å²) in [6.07, 6.45) is 0.291. The number of nitrogens with zero attached hydrogens (tertiary/aromatic N) is 2. The Morgan fingerprint density at radius 3 is 2.73 bits per heavy atom. The van der Waals surface area contributed by atoms with E-state index in [2.05, 4.69) is 22.4 Å². The van der Waals surface area contributed by atoms with Crippen molar-refractivity contribution in [1.29, 1.82) is 5.26 Å². The molecule has 152 valence electrons. The third kappa shape index (κ3) is 4.73. The van der Waals surface area contributed by atoms with Crippen LogP contribution in [0.2, 0.25) is 0 Å². The summed E-state index contributed by atoms with van der Waals surface area (Å²) in [5.74, 6) is 1.33. The van der Waals surface area contributed by atoms with Gasteiger partial charge in [-0.1, -0.05) is 18.2 Å². The Morgan fingerprint density at radius 1 is 1.10 bits per heavy atom. The molecule has 0 atom stereocenters. The minimum atomic E-state index is -0.133. The van der Waals surface area contributed by atoms with Crippen molar-refractivity contribution in [3.05, 3.63) is 70.4 Å². The van der Waals surface area contributed by atoms with E-state index in [0.717, 1.165) is 17.2 Å². The predicted octanol–water partition coefficient (Wildman–Crippen LogP) is 4.43. The van der Waals surface area contributed by atoms with Gasteiger partial charge >= 0.3 is 0 Å². The quantitative estimate of drug-likeness (QED) is 0.613. The summed E-state index contributed by atoms with van der Waals surface area (Å²) in [6, 6.07) is 19.1. The number of carbonyl (C=O) groups is 1. The van der Waals surface area contributed by atoms with Crippen LogP contribution in [0.15, 0.2) is 60.0 Å². The maximum atomic E-state index is 12.6. The van der Waals surface area contributed by atoms with Gasteiger partial charge in [0.2, 0.25) is 5.91 Å². The third-order valence-electron chi connectivity index (χ3n) is 4.75. The highest BCUT2D eigenvalue weighted by Gasteiger charge is 2.17. The Labute approximate surface area is 179 Å². The van der Waals surface area contributed by atoms with E-state index in [9.17, 15) is 10.1 Å². The molecule has 0 saturated heterocycles. The van der Waals surface area contributed by atoms with Crippen molar-refractivity contribution in [3.63, 3.8) is 0 Å². The van der Waals surface area contributed by atoms with Crippen LogP contribution in [0.4, 0.5) is 11.4 Å². The summed E-state index contributed by atoms with van der Waals surface area (Å²) in [6.45, 7) is 2.30. The minimum Gasteiger partial charge on any atom is -0.486 e. The van der Waals surface area contributed by atoms with Crippen LogP contribution in [0.25, 0.3) is 0 Å². The molecule has 3 aromatic rings. The molecule has 1 amide bonds. The average molecular weight is 420 g/mol. The van der Waals surface area contributed by atoms with Crippen molar-refractivity contribution in [1.82, 2.24) is 0 Å². The number of nitriles is 1. The number of amides is 1. The molecule has 0 fully saturated rings. The minimum absolute atomic E-state index is 0.133. The maximum absolute atomic E-state index is 12.6. The number of nitrogens with one attached hydrogen (secondary N) is 1. The fourth-order valence-corrected chi connectivity index (χ4v) is 3.98. The Morgan fingerprint density at radius 2 is 1.93 bits per heavy atom. The lowest BCUT2D eigenvalue weighted by molar-refractivity contribution is -0.116. The Kier molecular flexibility index (Phi) is 6.16. The summed E-state index contributed by atoms with van der Waals surface area (Å²) in [4.78, 5) is 15.9. The van der Waals surface area contributed by atoms with Crippen molar-refractivity contribution in [2.75, 3.05) is 30.0 Å². The molecule has 2 aromatic carbocycles. The summed E-state index contributed by atoms with van der Waals surface area (Å²) >= 11 is 1.68. The predicted molar refractivity (Wildman–Crippen MR) is 117 cm³/mol. The number of hydrogen-bond donors (Lipinski definition) is 1. The molecule has 0 radical (unpaired) electrons. The maximum Gasteiger partial charge on any atom is 0.226 e. The van der Waals surface area contributed by atoms with Crippen molar-refractivity contribution < 1.29 is 14.3 Å². The molecule has 1 N–H and O–H groups in total. The molecule has 0 saturated carbocycles. The van der Waals surface area contributed by atoms with E-state index in [4.69, 9.17) is 9.47 Å². The van der Waals surface area contributed by atoms with Gasteiger partial charge in [0, 0.05) is 29.6 Å². The third-order valence-corrected chi connectivity index (χ3v) is 5.61. The molecule has 6 nitrogen and oxygen atoms in total. The van der Waals surface area contributed by atoms with Crippen molar-refractivity contribution in [2.45, 2.75) is 13.0 Å². The number of carbonyl (C=O) groups excluding carboxylic acids is 1. The number of fused-ring (bicyclic) bond motifs is 1. The Balaban J connectivity index is 1.48. The molecular weight excluding hydrogens is 398 g/mol. The molecule has 1 aliphatic rings. The highest BCUT2D eigenvalue weighted by atomic mass is 32.1. The van der Waals surface area contributed by atoms with E-state index in [-0.39, 0.29) is 5.91 Å². The molecule has 0 spiro atoms. The van der Waals surface area contributed by atoms with Gasteiger partial charge in [0.05, 0.1) is 17.8 Å². The van der Waals surface area contributed by atoms with E-state index in [0.29, 0.717) is 44.0 Å². The highest BCUT2D eigenvalue weighted by Crippen LogP contribution is 2.34. The molecule has 4 rings (SSSR count). The summed E-state index contributed by atoms with van der Waals surface area (Å²) < 4.78 is 11.3. The van der Waals surface area contributed by atoms with Crippen molar-refractivity contribution in [2.24, 2.45) is 0 Å². The lowest BCUT2D eigenvalue weighted by Gasteiger charge is -2.26. The van der Waals surface area contributed by atoms with Crippen molar-refractivity contribution in [3.8, 4) is 17.6 Å². The first-order valence-electron chi connectivity index (χ1n) is 9.69. The summed E-state index contributed by atoms with van der Waals surface area (Å²) in [5, 5.41) is 14.1. The fraction of sp³-hybridized carbons (Fsp3) is 0.217. The van der Waals surface area contributed by atoms with E-state index < -0.39 is 0 Å². The zero-order valence-corrected chi connectivity index (χ0v) is 17.2. The molecule has 2 heterocycles. The van der Waals surface area contributed by atoms with Gasteiger partial charge in [0.25, 0.3) is 0 Å². The lowest BCUT2D eigenvalue weighted by atomic mass is 10.2. The van der Waals surface area contributed by atoms with Gasteiger partial charge in [0.1, 0.15) is 19.3 Å². The standard InChI is InChI=1S/C23H21N3O3S/c24-15-17-4-1-2-6-20(17)25-23(27)9-10-26(16-19-5-3-13-30-19)18-7-8-21-22(14-18)29-12-11-28-21/h1-8,13-14H,9-12,16H2,(H,25,27). The van der Waals surface area contributed by atoms with Crippen LogP contribution in [-0.2, 0) is 11.3 Å². The number of benzene rings is 2. The van der Waals surface area contributed by atoms with Crippen molar-refractivity contribution >= 4 is 28.6 Å². The van der Waals surface area contributed by atoms with Gasteiger partial charge in [-0.2, -0.15) is 5.26 Å². The number of ether oxygens (including phenoxy) is 2. The molecular formula is C23H21N3O3S. The van der Waals surface area contributed by atoms with Gasteiger partial charge in [0.15, 0.2) is 11.5 Å². The second-order valence-corrected chi connectivity index (χ2v) is 7.82. The Bertz CT molecular complexity index is 1060. The van der Waals surface area contributed by atoms with Crippen LogP contribution < -0.4 is 19.7 Å². The molecule has 0 aliphatic carbocycles. The van der Waals surface area contributed by atoms with Crippen LogP contribution in [0, 0.1) is 11.3 Å². The van der Waals surface area contributed by atoms with Crippen LogP contribution in [-0.4, -0.2) is 25.7 Å². The van der Waals surface area contributed by atoms with Gasteiger partial charge in [-0.15, -0.1) is 11.3 Å². The molecule has 1 aliphatic heterocycles. The normalized spacial score (nSPS) is 12.1. The van der Waals surface area contributed by atoms with E-state index in [1.165, 1.54) is 4.88 Å². The number of anilines is 2. The topological polar surface area (TPSA) is 74.6 Å². The number of hydrogen-bond acceptors (Lipinski definition) is 6. The number of para-hydroxylation sites is 1. The zero-order valence-electron chi connectivity index (χ0n) is 16.3. The fourth-order valence-electron chi connectivity index (χ4n) is 3.26. The first-order chi connectivity index (χ1) is 14.7. The van der Waals surface area contributed by atoms with Gasteiger partial charge in [-0.05, 0) is 35.7 Å². The molecule has 0 unspecified atom stereocenters. The largest absolute Gasteiger partial charge is 0.486 e. The second-order valence-electron chi connectivity index (χ2n) is 6.78. The monoisotopic (exact) mass is 419 g/mol. The summed E-state index contributed by atoms with van der Waals surface area (Å²) in [7, 11) is 0. The average Bonchev–Trinajstić information content (AvgIpc) is 3.30. The molecule has 0 bridgehead atoms. The first kappa shape index (κ1) is 19.8. The van der Waals surface area contributed by atoms with Gasteiger partial charge < -0.3 is 19.7 Å². The molecule has 1 aromatic heterocycles. The SMILES string of the molecule is N#Cc1ccccc1NC(=O)CCN(Cc1cccs1)c1ccc2c(c1)OCCO2. The first-order valence-corrected chi connectivity index (χ1v) is 10.6. The highest BCUT2D eigenvalue weighted by molar-refractivity contribution is 7.09. The van der Waals surface area contributed by atoms with Crippen LogP contribution in [0.3, 0.4) is 0 Å². The number of thiophene rings is 1. The van der Waals surface area contributed by atoms with Crippen LogP contribution >= 0.6 is 11.3 Å². The lowest BCUT2D eigenvalue weighted by Crippen LogP contribution is -2.27. The van der Waals surface area contributed by atoms with Crippen LogP contribution in [0.5, 0.6) is 11.5 Å².